The molecule has 3 nitrogen and oxygen atoms in total. The van der Waals surface area contributed by atoms with Gasteiger partial charge in [-0.25, -0.2) is 4.68 Å². The van der Waals surface area contributed by atoms with Crippen molar-refractivity contribution in [1.82, 2.24) is 9.78 Å². The molecule has 24 heavy (non-hydrogen) atoms. The van der Waals surface area contributed by atoms with Gasteiger partial charge in [0.2, 0.25) is 0 Å². The Bertz CT molecular complexity index is 871. The molecule has 0 fully saturated rings. The monoisotopic (exact) mass is 493 g/mol. The Hall–Kier alpha value is -1.34. The zero-order valence-electron chi connectivity index (χ0n) is 13.1. The Morgan fingerprint density at radius 2 is 1.83 bits per heavy atom. The first-order chi connectivity index (χ1) is 11.7. The summed E-state index contributed by atoms with van der Waals surface area (Å²) in [6, 6.07) is 16.8. The first-order valence-electron chi connectivity index (χ1n) is 8.10. The zero-order chi connectivity index (χ0) is 16.5. The minimum Gasteiger partial charge on any atom is -0.370 e. The second kappa shape index (κ2) is 6.88. The minimum absolute atomic E-state index is 0.998. The number of anilines is 1. The van der Waals surface area contributed by atoms with Crippen LogP contribution in [0.3, 0.4) is 0 Å². The second-order valence-electron chi connectivity index (χ2n) is 5.93. The molecule has 2 heterocycles. The van der Waals surface area contributed by atoms with Crippen LogP contribution in [-0.2, 0) is 6.42 Å². The lowest BCUT2D eigenvalue weighted by atomic mass is 10.0. The van der Waals surface area contributed by atoms with Crippen LogP contribution in [0.2, 0.25) is 0 Å². The van der Waals surface area contributed by atoms with E-state index < -0.39 is 0 Å². The molecule has 1 aromatic heterocycles. The van der Waals surface area contributed by atoms with Gasteiger partial charge in [0.15, 0.2) is 0 Å². The summed E-state index contributed by atoms with van der Waals surface area (Å²) in [7, 11) is 0. The molecular formula is C19H17BrIN3. The molecule has 3 aromatic rings. The van der Waals surface area contributed by atoms with Gasteiger partial charge < -0.3 is 5.32 Å². The van der Waals surface area contributed by atoms with Gasteiger partial charge in [0.05, 0.1) is 11.4 Å². The highest BCUT2D eigenvalue weighted by atomic mass is 127. The maximum atomic E-state index is 4.99. The second-order valence-corrected chi connectivity index (χ2v) is 8.03. The predicted octanol–water partition coefficient (Wildman–Crippen LogP) is 5.65. The Kier molecular flexibility index (Phi) is 4.63. The summed E-state index contributed by atoms with van der Waals surface area (Å²) in [5, 5.41) is 8.59. The van der Waals surface area contributed by atoms with Gasteiger partial charge in [0.1, 0.15) is 5.82 Å². The lowest BCUT2D eigenvalue weighted by Crippen LogP contribution is -2.07. The fourth-order valence-electron chi connectivity index (χ4n) is 3.14. The van der Waals surface area contributed by atoms with E-state index in [0.717, 1.165) is 40.2 Å². The fourth-order valence-corrected chi connectivity index (χ4v) is 3.97. The number of nitrogens with one attached hydrogen (secondary N) is 1. The molecule has 5 heteroatoms. The molecule has 0 unspecified atom stereocenters. The summed E-state index contributed by atoms with van der Waals surface area (Å²) in [6.07, 6.45) is 3.44. The Morgan fingerprint density at radius 3 is 2.62 bits per heavy atom. The SMILES string of the molecule is Brc1ccccc1-c1nn(-c2ccc(I)cc2)c2c1CCCCN2. The van der Waals surface area contributed by atoms with Crippen LogP contribution >= 0.6 is 38.5 Å². The molecule has 1 aliphatic rings. The van der Waals surface area contributed by atoms with E-state index in [2.05, 4.69) is 91.0 Å². The zero-order valence-corrected chi connectivity index (χ0v) is 16.8. The van der Waals surface area contributed by atoms with Crippen LogP contribution in [0.15, 0.2) is 53.0 Å². The van der Waals surface area contributed by atoms with Crippen LogP contribution in [-0.4, -0.2) is 16.3 Å². The summed E-state index contributed by atoms with van der Waals surface area (Å²) in [5.41, 5.74) is 4.64. The third-order valence-corrected chi connectivity index (χ3v) is 5.74. The molecule has 4 rings (SSSR count). The highest BCUT2D eigenvalue weighted by Gasteiger charge is 2.22. The third kappa shape index (κ3) is 2.99. The van der Waals surface area contributed by atoms with Crippen LogP contribution in [0.1, 0.15) is 18.4 Å². The van der Waals surface area contributed by atoms with Crippen molar-refractivity contribution < 1.29 is 0 Å². The molecule has 0 bridgehead atoms. The van der Waals surface area contributed by atoms with E-state index >= 15 is 0 Å². The summed E-state index contributed by atoms with van der Waals surface area (Å²) < 4.78 is 4.38. The van der Waals surface area contributed by atoms with E-state index in [1.807, 2.05) is 6.07 Å². The average molecular weight is 494 g/mol. The van der Waals surface area contributed by atoms with E-state index in [9.17, 15) is 0 Å². The standard InChI is InChI=1S/C19H17BrIN3/c20-17-7-2-1-5-15(17)18-16-6-3-4-12-22-19(16)24(23-18)14-10-8-13(21)9-11-14/h1-2,5,7-11,22H,3-4,6,12H2. The Morgan fingerprint density at radius 1 is 1.04 bits per heavy atom. The van der Waals surface area contributed by atoms with Gasteiger partial charge in [-0.2, -0.15) is 5.10 Å². The predicted molar refractivity (Wildman–Crippen MR) is 111 cm³/mol. The Labute approximate surface area is 163 Å². The van der Waals surface area contributed by atoms with E-state index in [1.165, 1.54) is 22.0 Å². The van der Waals surface area contributed by atoms with Gasteiger partial charge in [-0.15, -0.1) is 0 Å². The first-order valence-corrected chi connectivity index (χ1v) is 9.98. The molecule has 0 atom stereocenters. The van der Waals surface area contributed by atoms with Gasteiger partial charge >= 0.3 is 0 Å². The van der Waals surface area contributed by atoms with E-state index in [1.54, 1.807) is 0 Å². The van der Waals surface area contributed by atoms with E-state index in [0.29, 0.717) is 0 Å². The van der Waals surface area contributed by atoms with Crippen molar-refractivity contribution in [3.63, 3.8) is 0 Å². The number of hydrogen-bond donors (Lipinski definition) is 1. The quantitative estimate of drug-likeness (QED) is 0.467. The number of hydrogen-bond acceptors (Lipinski definition) is 2. The number of nitrogens with zero attached hydrogens (tertiary/aromatic N) is 2. The number of halogens is 2. The van der Waals surface area contributed by atoms with Crippen molar-refractivity contribution >= 4 is 44.3 Å². The summed E-state index contributed by atoms with van der Waals surface area (Å²) in [6.45, 7) is 0.998. The molecule has 0 saturated heterocycles. The first kappa shape index (κ1) is 16.1. The van der Waals surface area contributed by atoms with Crippen LogP contribution < -0.4 is 5.32 Å². The molecule has 2 aromatic carbocycles. The van der Waals surface area contributed by atoms with Crippen molar-refractivity contribution in [2.75, 3.05) is 11.9 Å². The van der Waals surface area contributed by atoms with Crippen molar-refractivity contribution in [2.24, 2.45) is 0 Å². The van der Waals surface area contributed by atoms with Crippen molar-refractivity contribution in [3.05, 3.63) is 62.1 Å². The largest absolute Gasteiger partial charge is 0.370 e. The van der Waals surface area contributed by atoms with Crippen LogP contribution in [0.25, 0.3) is 16.9 Å². The number of aromatic nitrogens is 2. The summed E-state index contributed by atoms with van der Waals surface area (Å²) in [4.78, 5) is 0. The highest BCUT2D eigenvalue weighted by Crippen LogP contribution is 2.36. The van der Waals surface area contributed by atoms with Crippen molar-refractivity contribution in [2.45, 2.75) is 19.3 Å². The molecule has 0 aliphatic carbocycles. The molecule has 0 spiro atoms. The fraction of sp³-hybridized carbons (Fsp3) is 0.211. The summed E-state index contributed by atoms with van der Waals surface area (Å²) in [5.74, 6) is 1.14. The molecule has 1 N–H and O–H groups in total. The molecule has 0 saturated carbocycles. The average Bonchev–Trinajstić information content (AvgIpc) is 2.78. The van der Waals surface area contributed by atoms with Gasteiger partial charge in [-0.3, -0.25) is 0 Å². The van der Waals surface area contributed by atoms with Gasteiger partial charge in [0, 0.05) is 25.7 Å². The number of rotatable bonds is 2. The molecule has 1 aliphatic heterocycles. The minimum atomic E-state index is 0.998. The van der Waals surface area contributed by atoms with Gasteiger partial charge in [0.25, 0.3) is 0 Å². The van der Waals surface area contributed by atoms with Crippen molar-refractivity contribution in [3.8, 4) is 16.9 Å². The lowest BCUT2D eigenvalue weighted by molar-refractivity contribution is 0.780. The van der Waals surface area contributed by atoms with E-state index in [4.69, 9.17) is 5.10 Å². The topological polar surface area (TPSA) is 29.9 Å². The van der Waals surface area contributed by atoms with Crippen LogP contribution in [0, 0.1) is 3.57 Å². The third-order valence-electron chi connectivity index (χ3n) is 4.33. The van der Waals surface area contributed by atoms with Crippen molar-refractivity contribution in [1.29, 1.82) is 0 Å². The molecule has 0 radical (unpaired) electrons. The lowest BCUT2D eigenvalue weighted by Gasteiger charge is -2.09. The highest BCUT2D eigenvalue weighted by molar-refractivity contribution is 14.1. The van der Waals surface area contributed by atoms with E-state index in [-0.39, 0.29) is 0 Å². The summed E-state index contributed by atoms with van der Waals surface area (Å²) >= 11 is 6.02. The van der Waals surface area contributed by atoms with Crippen LogP contribution in [0.4, 0.5) is 5.82 Å². The number of fused-ring (bicyclic) bond motifs is 1. The molecular weight excluding hydrogens is 477 g/mol. The number of benzene rings is 2. The maximum Gasteiger partial charge on any atom is 0.133 e. The normalized spacial score (nSPS) is 13.9. The van der Waals surface area contributed by atoms with Crippen LogP contribution in [0.5, 0.6) is 0 Å². The van der Waals surface area contributed by atoms with Gasteiger partial charge in [-0.1, -0.05) is 34.1 Å². The molecule has 122 valence electrons. The Balaban J connectivity index is 1.92. The smallest absolute Gasteiger partial charge is 0.133 e. The molecule has 0 amide bonds. The maximum absolute atomic E-state index is 4.99. The van der Waals surface area contributed by atoms with Gasteiger partial charge in [-0.05, 0) is 72.2 Å².